The first-order chi connectivity index (χ1) is 9.81. The summed E-state index contributed by atoms with van der Waals surface area (Å²) in [6, 6.07) is 8.29. The molecule has 0 saturated carbocycles. The van der Waals surface area contributed by atoms with E-state index < -0.39 is 0 Å². The quantitative estimate of drug-likeness (QED) is 0.808. The highest BCUT2D eigenvalue weighted by Gasteiger charge is 2.02. The molecule has 0 aliphatic rings. The molecular weight excluding hydrogens is 268 g/mol. The fraction of sp³-hybridized carbons (Fsp3) is 0.438. The van der Waals surface area contributed by atoms with Gasteiger partial charge >= 0.3 is 0 Å². The van der Waals surface area contributed by atoms with Gasteiger partial charge in [0.15, 0.2) is 0 Å². The van der Waals surface area contributed by atoms with Crippen LogP contribution in [0.1, 0.15) is 29.3 Å². The summed E-state index contributed by atoms with van der Waals surface area (Å²) in [6.07, 6.45) is 3.87. The number of ether oxygens (including phenoxy) is 1. The van der Waals surface area contributed by atoms with Crippen molar-refractivity contribution in [2.75, 3.05) is 13.2 Å². The van der Waals surface area contributed by atoms with Crippen LogP contribution in [0.3, 0.4) is 0 Å². The van der Waals surface area contributed by atoms with Gasteiger partial charge in [-0.05, 0) is 30.7 Å². The van der Waals surface area contributed by atoms with Crippen molar-refractivity contribution < 1.29 is 4.74 Å². The van der Waals surface area contributed by atoms with Crippen LogP contribution in [0.15, 0.2) is 30.5 Å². The molecule has 1 heterocycles. The first kappa shape index (κ1) is 15.0. The summed E-state index contributed by atoms with van der Waals surface area (Å²) >= 11 is 1.76. The minimum absolute atomic E-state index is 0.682. The molecule has 0 radical (unpaired) electrons. The largest absolute Gasteiger partial charge is 0.493 e. The zero-order chi connectivity index (χ0) is 14.2. The highest BCUT2D eigenvalue weighted by Crippen LogP contribution is 2.16. The molecule has 0 aliphatic heterocycles. The highest BCUT2D eigenvalue weighted by molar-refractivity contribution is 7.11. The molecule has 4 heteroatoms. The van der Waals surface area contributed by atoms with Gasteiger partial charge in [0.25, 0.3) is 0 Å². The first-order valence-corrected chi connectivity index (χ1v) is 7.99. The number of hydrogen-bond donors (Lipinski definition) is 1. The topological polar surface area (TPSA) is 34.2 Å². The number of nitrogens with zero attached hydrogens (tertiary/aromatic N) is 1. The molecule has 0 aliphatic carbocycles. The smallest absolute Gasteiger partial charge is 0.119 e. The summed E-state index contributed by atoms with van der Waals surface area (Å²) in [5.74, 6) is 0.953. The lowest BCUT2D eigenvalue weighted by molar-refractivity contribution is 0.321. The summed E-state index contributed by atoms with van der Waals surface area (Å²) in [4.78, 5) is 5.72. The molecule has 1 aromatic carbocycles. The number of rotatable bonds is 8. The van der Waals surface area contributed by atoms with Crippen molar-refractivity contribution in [1.82, 2.24) is 10.3 Å². The minimum atomic E-state index is 0.682. The van der Waals surface area contributed by atoms with Gasteiger partial charge in [-0.15, -0.1) is 11.3 Å². The Morgan fingerprint density at radius 3 is 3.00 bits per heavy atom. The molecule has 0 fully saturated rings. The Hall–Kier alpha value is -1.39. The molecule has 2 rings (SSSR count). The lowest BCUT2D eigenvalue weighted by Crippen LogP contribution is -2.10. The van der Waals surface area contributed by atoms with Crippen molar-refractivity contribution >= 4 is 11.3 Å². The van der Waals surface area contributed by atoms with Gasteiger partial charge < -0.3 is 10.1 Å². The van der Waals surface area contributed by atoms with E-state index in [1.54, 1.807) is 11.3 Å². The van der Waals surface area contributed by atoms with Crippen LogP contribution in [-0.2, 0) is 19.4 Å². The van der Waals surface area contributed by atoms with Crippen LogP contribution in [0, 0.1) is 0 Å². The Bertz CT molecular complexity index is 525. The minimum Gasteiger partial charge on any atom is -0.493 e. The molecule has 0 unspecified atom stereocenters. The fourth-order valence-corrected chi connectivity index (χ4v) is 2.78. The second kappa shape index (κ2) is 8.02. The summed E-state index contributed by atoms with van der Waals surface area (Å²) in [5, 5.41) is 4.45. The maximum atomic E-state index is 5.79. The maximum absolute atomic E-state index is 5.79. The van der Waals surface area contributed by atoms with Crippen molar-refractivity contribution in [1.29, 1.82) is 0 Å². The highest BCUT2D eigenvalue weighted by atomic mass is 32.1. The molecule has 1 aromatic heterocycles. The van der Waals surface area contributed by atoms with E-state index in [4.69, 9.17) is 4.74 Å². The summed E-state index contributed by atoms with van der Waals surface area (Å²) in [7, 11) is 0. The van der Waals surface area contributed by atoms with E-state index in [1.807, 2.05) is 18.3 Å². The van der Waals surface area contributed by atoms with E-state index in [-0.39, 0.29) is 0 Å². The van der Waals surface area contributed by atoms with Gasteiger partial charge in [-0.1, -0.05) is 26.0 Å². The Balaban J connectivity index is 1.78. The predicted octanol–water partition coefficient (Wildman–Crippen LogP) is 3.44. The summed E-state index contributed by atoms with van der Waals surface area (Å²) in [6.45, 7) is 6.85. The molecule has 0 bridgehead atoms. The predicted molar refractivity (Wildman–Crippen MR) is 84.5 cm³/mol. The molecule has 3 nitrogen and oxygen atoms in total. The number of aryl methyl sites for hydroxylation is 1. The van der Waals surface area contributed by atoms with Crippen LogP contribution in [0.25, 0.3) is 0 Å². The zero-order valence-electron chi connectivity index (χ0n) is 12.2. The Morgan fingerprint density at radius 1 is 1.30 bits per heavy atom. The average Bonchev–Trinajstić information content (AvgIpc) is 2.93. The number of aromatic nitrogens is 1. The van der Waals surface area contributed by atoms with Crippen LogP contribution in [-0.4, -0.2) is 18.1 Å². The van der Waals surface area contributed by atoms with E-state index in [0.29, 0.717) is 6.61 Å². The third-order valence-corrected chi connectivity index (χ3v) is 4.10. The average molecular weight is 290 g/mol. The first-order valence-electron chi connectivity index (χ1n) is 7.17. The lowest BCUT2D eigenvalue weighted by Gasteiger charge is -2.06. The summed E-state index contributed by atoms with van der Waals surface area (Å²) < 4.78 is 5.79. The van der Waals surface area contributed by atoms with E-state index in [2.05, 4.69) is 36.3 Å². The molecule has 2 aromatic rings. The molecule has 20 heavy (non-hydrogen) atoms. The fourth-order valence-electron chi connectivity index (χ4n) is 1.90. The second-order valence-corrected chi connectivity index (χ2v) is 5.80. The Morgan fingerprint density at radius 2 is 2.20 bits per heavy atom. The van der Waals surface area contributed by atoms with Crippen molar-refractivity contribution in [2.45, 2.75) is 33.2 Å². The maximum Gasteiger partial charge on any atom is 0.119 e. The van der Waals surface area contributed by atoms with Crippen LogP contribution in [0.4, 0.5) is 0 Å². The van der Waals surface area contributed by atoms with Gasteiger partial charge in [0.05, 0.1) is 11.6 Å². The molecule has 0 spiro atoms. The summed E-state index contributed by atoms with van der Waals surface area (Å²) in [5.41, 5.74) is 1.31. The molecular formula is C16H22N2OS. The number of hydrogen-bond acceptors (Lipinski definition) is 4. The Kier molecular flexibility index (Phi) is 6.02. The van der Waals surface area contributed by atoms with Crippen molar-refractivity contribution in [3.8, 4) is 5.75 Å². The van der Waals surface area contributed by atoms with E-state index >= 15 is 0 Å². The van der Waals surface area contributed by atoms with Crippen LogP contribution >= 0.6 is 11.3 Å². The second-order valence-electron chi connectivity index (χ2n) is 4.60. The monoisotopic (exact) mass is 290 g/mol. The van der Waals surface area contributed by atoms with Crippen molar-refractivity contribution in [3.05, 3.63) is 45.9 Å². The third kappa shape index (κ3) is 4.62. The van der Waals surface area contributed by atoms with Crippen LogP contribution in [0.5, 0.6) is 5.75 Å². The van der Waals surface area contributed by atoms with Crippen LogP contribution in [0.2, 0.25) is 0 Å². The van der Waals surface area contributed by atoms with Gasteiger partial charge in [0.1, 0.15) is 5.75 Å². The zero-order valence-corrected chi connectivity index (χ0v) is 13.0. The number of nitrogens with one attached hydrogen (secondary N) is 1. The SMILES string of the molecule is CCNCc1cnc(CCOc2cccc(CC)c2)s1. The lowest BCUT2D eigenvalue weighted by atomic mass is 10.2. The van der Waals surface area contributed by atoms with Crippen molar-refractivity contribution in [2.24, 2.45) is 0 Å². The number of thiazole rings is 1. The molecule has 0 saturated heterocycles. The molecule has 0 amide bonds. The van der Waals surface area contributed by atoms with Gasteiger partial charge in [0, 0.05) is 24.0 Å². The van der Waals surface area contributed by atoms with E-state index in [0.717, 1.165) is 36.7 Å². The van der Waals surface area contributed by atoms with Gasteiger partial charge in [0.2, 0.25) is 0 Å². The van der Waals surface area contributed by atoms with E-state index in [9.17, 15) is 0 Å². The standard InChI is InChI=1S/C16H22N2OS/c1-3-13-6-5-7-14(10-13)19-9-8-16-18-12-15(20-16)11-17-4-2/h5-7,10,12,17H,3-4,8-9,11H2,1-2H3. The van der Waals surface area contributed by atoms with E-state index in [1.165, 1.54) is 10.4 Å². The molecule has 0 atom stereocenters. The molecule has 1 N–H and O–H groups in total. The Labute approximate surface area is 125 Å². The number of benzene rings is 1. The van der Waals surface area contributed by atoms with Crippen molar-refractivity contribution in [3.63, 3.8) is 0 Å². The van der Waals surface area contributed by atoms with Crippen LogP contribution < -0.4 is 10.1 Å². The van der Waals surface area contributed by atoms with Gasteiger partial charge in [-0.2, -0.15) is 0 Å². The molecule has 108 valence electrons. The van der Waals surface area contributed by atoms with Gasteiger partial charge in [-0.3, -0.25) is 0 Å². The third-order valence-electron chi connectivity index (χ3n) is 3.04. The van der Waals surface area contributed by atoms with Gasteiger partial charge in [-0.25, -0.2) is 4.98 Å². The normalized spacial score (nSPS) is 10.7.